The van der Waals surface area contributed by atoms with Crippen molar-refractivity contribution in [2.45, 2.75) is 58.7 Å². The number of esters is 1. The van der Waals surface area contributed by atoms with Gasteiger partial charge in [0.1, 0.15) is 5.60 Å². The van der Waals surface area contributed by atoms with Gasteiger partial charge in [0.05, 0.1) is 23.4 Å². The van der Waals surface area contributed by atoms with E-state index in [1.165, 1.54) is 0 Å². The van der Waals surface area contributed by atoms with Gasteiger partial charge in [0.2, 0.25) is 0 Å². The second kappa shape index (κ2) is 9.46. The van der Waals surface area contributed by atoms with E-state index in [0.29, 0.717) is 30.1 Å². The molecule has 0 unspecified atom stereocenters. The fourth-order valence-corrected chi connectivity index (χ4v) is 2.87. The molecule has 1 rings (SSSR count). The molecular formula is C18H27IO5. The van der Waals surface area contributed by atoms with Gasteiger partial charge >= 0.3 is 5.97 Å². The zero-order chi connectivity index (χ0) is 18.3. The van der Waals surface area contributed by atoms with Crippen molar-refractivity contribution < 1.29 is 24.1 Å². The highest BCUT2D eigenvalue weighted by molar-refractivity contribution is 14.1. The minimum absolute atomic E-state index is 0.158. The number of methoxy groups -OCH3 is 1. The van der Waals surface area contributed by atoms with Gasteiger partial charge in [-0.1, -0.05) is 6.92 Å². The third-order valence-electron chi connectivity index (χ3n) is 3.13. The fourth-order valence-electron chi connectivity index (χ4n) is 2.09. The van der Waals surface area contributed by atoms with E-state index in [2.05, 4.69) is 22.6 Å². The summed E-state index contributed by atoms with van der Waals surface area (Å²) in [5.74, 6) is 0.954. The van der Waals surface area contributed by atoms with Crippen LogP contribution in [-0.4, -0.2) is 30.4 Å². The molecule has 0 aliphatic heterocycles. The van der Waals surface area contributed by atoms with Gasteiger partial charge in [-0.3, -0.25) is 4.79 Å². The molecule has 0 aliphatic carbocycles. The first-order chi connectivity index (χ1) is 11.2. The maximum Gasteiger partial charge on any atom is 0.306 e. The summed E-state index contributed by atoms with van der Waals surface area (Å²) in [6.45, 7) is 8.11. The normalized spacial score (nSPS) is 12.6. The summed E-state index contributed by atoms with van der Waals surface area (Å²) in [4.78, 5) is 11.8. The Morgan fingerprint density at radius 3 is 2.54 bits per heavy atom. The molecule has 6 heteroatoms. The van der Waals surface area contributed by atoms with Crippen molar-refractivity contribution in [3.8, 4) is 11.5 Å². The first kappa shape index (κ1) is 21.0. The van der Waals surface area contributed by atoms with E-state index in [9.17, 15) is 9.90 Å². The number of ether oxygens (including phenoxy) is 3. The van der Waals surface area contributed by atoms with Crippen LogP contribution in [0.2, 0.25) is 0 Å². The summed E-state index contributed by atoms with van der Waals surface area (Å²) in [5, 5.41) is 10.4. The molecular weight excluding hydrogens is 423 g/mol. The van der Waals surface area contributed by atoms with E-state index in [-0.39, 0.29) is 12.4 Å². The Balaban J connectivity index is 2.78. The number of rotatable bonds is 8. The Morgan fingerprint density at radius 2 is 2.00 bits per heavy atom. The predicted octanol–water partition coefficient (Wildman–Crippen LogP) is 4.24. The number of aliphatic hydroxyl groups is 1. The predicted molar refractivity (Wildman–Crippen MR) is 102 cm³/mol. The standard InChI is InChI=1S/C18H27IO5/c1-6-9-23-17-13(19)10-12(11-15(17)22-5)14(20)7-8-16(21)24-18(2,3)4/h10-11,14,20H,6-9H2,1-5H3/t14-/m0/s1. The molecule has 0 amide bonds. The minimum Gasteiger partial charge on any atom is -0.493 e. The Labute approximate surface area is 157 Å². The SMILES string of the molecule is CCCOc1c(I)cc([C@@H](O)CCC(=O)OC(C)(C)C)cc1OC. The number of benzene rings is 1. The summed E-state index contributed by atoms with van der Waals surface area (Å²) >= 11 is 2.16. The lowest BCUT2D eigenvalue weighted by molar-refractivity contribution is -0.155. The summed E-state index contributed by atoms with van der Waals surface area (Å²) in [6.07, 6.45) is 0.592. The van der Waals surface area contributed by atoms with E-state index in [1.807, 2.05) is 33.8 Å². The van der Waals surface area contributed by atoms with Gasteiger partial charge in [-0.15, -0.1) is 0 Å². The van der Waals surface area contributed by atoms with E-state index in [4.69, 9.17) is 14.2 Å². The number of aliphatic hydroxyl groups excluding tert-OH is 1. The Morgan fingerprint density at radius 1 is 1.33 bits per heavy atom. The highest BCUT2D eigenvalue weighted by atomic mass is 127. The van der Waals surface area contributed by atoms with Gasteiger partial charge in [0.25, 0.3) is 0 Å². The van der Waals surface area contributed by atoms with Crippen LogP contribution in [0.15, 0.2) is 12.1 Å². The first-order valence-electron chi connectivity index (χ1n) is 8.08. The van der Waals surface area contributed by atoms with Crippen molar-refractivity contribution in [3.05, 3.63) is 21.3 Å². The third kappa shape index (κ3) is 6.84. The van der Waals surface area contributed by atoms with E-state index < -0.39 is 11.7 Å². The molecule has 0 aromatic heterocycles. The second-order valence-corrected chi connectivity index (χ2v) is 7.69. The van der Waals surface area contributed by atoms with Crippen molar-refractivity contribution in [1.29, 1.82) is 0 Å². The van der Waals surface area contributed by atoms with Crippen LogP contribution in [0.5, 0.6) is 11.5 Å². The van der Waals surface area contributed by atoms with Crippen LogP contribution in [0, 0.1) is 3.57 Å². The maximum absolute atomic E-state index is 11.8. The molecule has 0 saturated carbocycles. The van der Waals surface area contributed by atoms with Gasteiger partial charge in [-0.05, 0) is 73.9 Å². The van der Waals surface area contributed by atoms with Crippen LogP contribution in [0.3, 0.4) is 0 Å². The maximum atomic E-state index is 11.8. The minimum atomic E-state index is -0.764. The van der Waals surface area contributed by atoms with Crippen LogP contribution in [0.1, 0.15) is 58.6 Å². The molecule has 0 bridgehead atoms. The average Bonchev–Trinajstić information content (AvgIpc) is 2.49. The van der Waals surface area contributed by atoms with Crippen molar-refractivity contribution in [1.82, 2.24) is 0 Å². The molecule has 0 radical (unpaired) electrons. The van der Waals surface area contributed by atoms with Crippen LogP contribution in [0.4, 0.5) is 0 Å². The molecule has 0 saturated heterocycles. The number of hydrogen-bond donors (Lipinski definition) is 1. The molecule has 0 spiro atoms. The van der Waals surface area contributed by atoms with Gasteiger partial charge in [0, 0.05) is 6.42 Å². The molecule has 24 heavy (non-hydrogen) atoms. The van der Waals surface area contributed by atoms with Crippen LogP contribution < -0.4 is 9.47 Å². The monoisotopic (exact) mass is 450 g/mol. The van der Waals surface area contributed by atoms with E-state index in [1.54, 1.807) is 13.2 Å². The number of carbonyl (C=O) groups is 1. The summed E-state index contributed by atoms with van der Waals surface area (Å²) < 4.78 is 17.2. The molecule has 0 aliphatic rings. The third-order valence-corrected chi connectivity index (χ3v) is 3.93. The number of halogens is 1. The summed E-state index contributed by atoms with van der Waals surface area (Å²) in [7, 11) is 1.57. The topological polar surface area (TPSA) is 65.0 Å². The molecule has 0 fully saturated rings. The summed E-state index contributed by atoms with van der Waals surface area (Å²) in [6, 6.07) is 3.61. The van der Waals surface area contributed by atoms with Crippen LogP contribution >= 0.6 is 22.6 Å². The van der Waals surface area contributed by atoms with Crippen molar-refractivity contribution in [2.75, 3.05) is 13.7 Å². The fraction of sp³-hybridized carbons (Fsp3) is 0.611. The summed E-state index contributed by atoms with van der Waals surface area (Å²) in [5.41, 5.74) is 0.183. The Hall–Kier alpha value is -1.02. The van der Waals surface area contributed by atoms with Crippen molar-refractivity contribution in [2.24, 2.45) is 0 Å². The molecule has 0 heterocycles. The Bertz CT molecular complexity index is 551. The lowest BCUT2D eigenvalue weighted by Crippen LogP contribution is -2.24. The van der Waals surface area contributed by atoms with E-state index in [0.717, 1.165) is 9.99 Å². The zero-order valence-corrected chi connectivity index (χ0v) is 17.2. The highest BCUT2D eigenvalue weighted by Crippen LogP contribution is 2.36. The van der Waals surface area contributed by atoms with Crippen LogP contribution in [0.25, 0.3) is 0 Å². The Kier molecular flexibility index (Phi) is 8.29. The average molecular weight is 450 g/mol. The quantitative estimate of drug-likeness (QED) is 0.474. The smallest absolute Gasteiger partial charge is 0.306 e. The molecule has 136 valence electrons. The molecule has 1 aromatic rings. The van der Waals surface area contributed by atoms with Gasteiger partial charge in [0.15, 0.2) is 11.5 Å². The van der Waals surface area contributed by atoms with Crippen LogP contribution in [-0.2, 0) is 9.53 Å². The number of carbonyl (C=O) groups excluding carboxylic acids is 1. The highest BCUT2D eigenvalue weighted by Gasteiger charge is 2.20. The van der Waals surface area contributed by atoms with Crippen molar-refractivity contribution in [3.63, 3.8) is 0 Å². The number of hydrogen-bond acceptors (Lipinski definition) is 5. The lowest BCUT2D eigenvalue weighted by atomic mass is 10.0. The molecule has 1 aromatic carbocycles. The largest absolute Gasteiger partial charge is 0.493 e. The first-order valence-corrected chi connectivity index (χ1v) is 9.16. The molecule has 1 N–H and O–H groups in total. The lowest BCUT2D eigenvalue weighted by Gasteiger charge is -2.20. The molecule has 1 atom stereocenters. The molecule has 5 nitrogen and oxygen atoms in total. The van der Waals surface area contributed by atoms with Crippen molar-refractivity contribution >= 4 is 28.6 Å². The van der Waals surface area contributed by atoms with Gasteiger partial charge in [-0.25, -0.2) is 0 Å². The van der Waals surface area contributed by atoms with E-state index >= 15 is 0 Å². The van der Waals surface area contributed by atoms with Gasteiger partial charge < -0.3 is 19.3 Å². The van der Waals surface area contributed by atoms with Gasteiger partial charge in [-0.2, -0.15) is 0 Å². The zero-order valence-electron chi connectivity index (χ0n) is 15.0. The second-order valence-electron chi connectivity index (χ2n) is 6.52.